The van der Waals surface area contributed by atoms with Gasteiger partial charge in [0.1, 0.15) is 22.7 Å². The summed E-state index contributed by atoms with van der Waals surface area (Å²) in [5, 5.41) is 38.6. The Bertz CT molecular complexity index is 2320. The first kappa shape index (κ1) is 49.2. The molecule has 6 aliphatic heterocycles. The van der Waals surface area contributed by atoms with Crippen LogP contribution in [0.1, 0.15) is 79.4 Å². The van der Waals surface area contributed by atoms with E-state index in [1.807, 2.05) is 32.9 Å². The van der Waals surface area contributed by atoms with Crippen molar-refractivity contribution >= 4 is 92.9 Å². The number of fused-ring (bicyclic) bond motifs is 6. The molecule has 356 valence electrons. The molecule has 0 spiro atoms. The van der Waals surface area contributed by atoms with Gasteiger partial charge in [0.25, 0.3) is 0 Å². The van der Waals surface area contributed by atoms with Gasteiger partial charge in [-0.1, -0.05) is 27.7 Å². The first-order chi connectivity index (χ1) is 31.4. The second-order valence-electron chi connectivity index (χ2n) is 20.5. The van der Waals surface area contributed by atoms with E-state index in [-0.39, 0.29) is 48.1 Å². The van der Waals surface area contributed by atoms with E-state index in [1.54, 1.807) is 45.3 Å². The van der Waals surface area contributed by atoms with Gasteiger partial charge >= 0.3 is 28.5 Å². The Morgan fingerprint density at radius 3 is 1.00 bits per heavy atom. The maximum atomic E-state index is 9.77. The van der Waals surface area contributed by atoms with Crippen LogP contribution < -0.4 is 28.6 Å². The first-order valence-corrected chi connectivity index (χ1v) is 26.0. The molecule has 4 N–H and O–H groups in total. The van der Waals surface area contributed by atoms with Gasteiger partial charge in [0.15, 0.2) is 0 Å². The second-order valence-corrected chi connectivity index (χ2v) is 24.8. The number of rotatable bonds is 10. The summed E-state index contributed by atoms with van der Waals surface area (Å²) in [5.74, 6) is 1.67. The topological polar surface area (TPSA) is 173 Å². The molecule has 0 radical (unpaired) electrons. The molecule has 0 amide bonds. The van der Waals surface area contributed by atoms with Crippen molar-refractivity contribution in [3.8, 4) is 31.0 Å². The predicted molar refractivity (Wildman–Crippen MR) is 262 cm³/mol. The third-order valence-corrected chi connectivity index (χ3v) is 18.7. The zero-order valence-electron chi connectivity index (χ0n) is 39.0. The van der Waals surface area contributed by atoms with Crippen molar-refractivity contribution in [3.63, 3.8) is 0 Å². The molecule has 0 aliphatic carbocycles. The number of hydrogen-bond acceptors (Lipinski definition) is 18. The lowest BCUT2D eigenvalue weighted by Crippen LogP contribution is -2.50. The Morgan fingerprint density at radius 2 is 0.712 bits per heavy atom. The van der Waals surface area contributed by atoms with Crippen molar-refractivity contribution in [2.24, 2.45) is 21.7 Å². The van der Waals surface area contributed by atoms with Crippen LogP contribution in [0.3, 0.4) is 0 Å². The van der Waals surface area contributed by atoms with Crippen molar-refractivity contribution in [2.75, 3.05) is 79.3 Å². The van der Waals surface area contributed by atoms with E-state index in [4.69, 9.17) is 46.7 Å². The van der Waals surface area contributed by atoms with Crippen LogP contribution in [-0.2, 0) is 48.4 Å². The van der Waals surface area contributed by atoms with E-state index >= 15 is 0 Å². The van der Waals surface area contributed by atoms with Crippen LogP contribution in [0.4, 0.5) is 0 Å². The second kappa shape index (κ2) is 18.7. The molecule has 0 bridgehead atoms. The van der Waals surface area contributed by atoms with Crippen molar-refractivity contribution < 1.29 is 67.1 Å². The lowest BCUT2D eigenvalue weighted by molar-refractivity contribution is -0.0291. The summed E-state index contributed by atoms with van der Waals surface area (Å²) < 4.78 is 64.7. The predicted octanol–water partition coefficient (Wildman–Crippen LogP) is 3.95. The summed E-state index contributed by atoms with van der Waals surface area (Å²) in [6.07, 6.45) is 1.61. The van der Waals surface area contributed by atoms with Gasteiger partial charge in [0, 0.05) is 105 Å². The molecule has 4 aromatic heterocycles. The standard InChI is InChI=1S/C23H32B2O7S2.C21H28B2O7S2/c1-5-22(9-26)11-28-24(29-12-22)17-7-15-19(33-17)20-16(32-21(15,3)4)8-18(34-20)25-30-13-23(6-2,10-27)14-31-25;1-19(2)13-5-15(22-26-9-20(3,7-24)10-27-22)31-17(13)18-14(30-19)6-16(32-18)23-28-11-21(4,8-25)12-29-23/h7-8,26-27H,5-6,9-14H2,1-4H3;5-6,24-25H,7-12H2,1-4H3. The van der Waals surface area contributed by atoms with Crippen molar-refractivity contribution in [2.45, 2.75) is 79.4 Å². The van der Waals surface area contributed by atoms with Gasteiger partial charge in [-0.3, -0.25) is 0 Å². The van der Waals surface area contributed by atoms with E-state index in [0.29, 0.717) is 52.9 Å². The Labute approximate surface area is 404 Å². The monoisotopic (exact) mass is 984 g/mol. The lowest BCUT2D eigenvalue weighted by Gasteiger charge is -2.36. The Kier molecular flexibility index (Phi) is 14.0. The van der Waals surface area contributed by atoms with E-state index < -0.39 is 39.7 Å². The molecule has 66 heavy (non-hydrogen) atoms. The summed E-state index contributed by atoms with van der Waals surface area (Å²) in [6, 6.07) is 8.29. The molecule has 22 heteroatoms. The van der Waals surface area contributed by atoms with Crippen molar-refractivity contribution in [1.29, 1.82) is 0 Å². The van der Waals surface area contributed by atoms with Crippen LogP contribution in [0.25, 0.3) is 19.5 Å². The molecule has 4 saturated heterocycles. The first-order valence-electron chi connectivity index (χ1n) is 22.7. The molecule has 4 fully saturated rings. The van der Waals surface area contributed by atoms with E-state index in [2.05, 4.69) is 46.8 Å². The van der Waals surface area contributed by atoms with Crippen LogP contribution in [0.5, 0.6) is 11.5 Å². The van der Waals surface area contributed by atoms with E-state index in [0.717, 1.165) is 74.1 Å². The van der Waals surface area contributed by atoms with Gasteiger partial charge in [0.05, 0.1) is 45.9 Å². The minimum atomic E-state index is -0.495. The molecule has 10 rings (SSSR count). The number of aliphatic hydroxyl groups excluding tert-OH is 4. The highest BCUT2D eigenvalue weighted by Crippen LogP contribution is 2.51. The molecule has 0 atom stereocenters. The summed E-state index contributed by atoms with van der Waals surface area (Å²) in [7, 11) is -1.79. The van der Waals surface area contributed by atoms with Gasteiger partial charge in [-0.15, -0.1) is 45.3 Å². The number of ether oxygens (including phenoxy) is 2. The van der Waals surface area contributed by atoms with Gasteiger partial charge in [-0.2, -0.15) is 0 Å². The normalized spacial score (nSPS) is 23.1. The van der Waals surface area contributed by atoms with Gasteiger partial charge in [-0.25, -0.2) is 0 Å². The Balaban J connectivity index is 0.000000166. The molecule has 0 aromatic carbocycles. The summed E-state index contributed by atoms with van der Waals surface area (Å²) >= 11 is 6.57. The molecule has 10 heterocycles. The molecule has 4 aromatic rings. The average Bonchev–Trinajstić information content (AvgIpc) is 4.15. The zero-order chi connectivity index (χ0) is 46.9. The molecule has 0 saturated carbocycles. The fourth-order valence-electron chi connectivity index (χ4n) is 8.56. The SMILES string of the molecule is CC1(CO)COB(c2cc3c(s2)-c2sc(B4OCC(C)(CO)CO4)cc2C(C)(C)O3)OC1.CCC1(CO)COB(c2cc3c(s2)-c2sc(B4OCC(CC)(CO)CO4)cc2C(C)(C)O3)OC1. The molecule has 14 nitrogen and oxygen atoms in total. The third kappa shape index (κ3) is 9.30. The Hall–Kier alpha value is -1.82. The highest BCUT2D eigenvalue weighted by atomic mass is 32.1. The minimum Gasteiger partial charge on any atom is -0.482 e. The van der Waals surface area contributed by atoms with Crippen molar-refractivity contribution in [3.05, 3.63) is 35.4 Å². The van der Waals surface area contributed by atoms with E-state index in [9.17, 15) is 20.4 Å². The summed E-state index contributed by atoms with van der Waals surface area (Å²) in [4.78, 5) is 4.44. The Morgan fingerprint density at radius 1 is 0.424 bits per heavy atom. The lowest BCUT2D eigenvalue weighted by atomic mass is 9.78. The minimum absolute atomic E-state index is 0.0298. The number of hydrogen-bond donors (Lipinski definition) is 4. The number of thiophene rings is 4. The summed E-state index contributed by atoms with van der Waals surface area (Å²) in [5.41, 5.74) is -0.140. The van der Waals surface area contributed by atoms with Crippen LogP contribution in [-0.4, -0.2) is 128 Å². The highest BCUT2D eigenvalue weighted by Gasteiger charge is 2.47. The van der Waals surface area contributed by atoms with Crippen LogP contribution in [0.15, 0.2) is 24.3 Å². The maximum Gasteiger partial charge on any atom is 0.504 e. The van der Waals surface area contributed by atoms with E-state index in [1.165, 1.54) is 0 Å². The van der Waals surface area contributed by atoms with Crippen LogP contribution >= 0.6 is 45.3 Å². The molecular formula is C44H60B4O14S4. The van der Waals surface area contributed by atoms with Gasteiger partial charge < -0.3 is 67.1 Å². The fraction of sp³-hybridized carbons (Fsp3) is 0.636. The number of aliphatic hydroxyl groups is 4. The molecule has 0 unspecified atom stereocenters. The maximum absolute atomic E-state index is 9.77. The van der Waals surface area contributed by atoms with Crippen LogP contribution in [0.2, 0.25) is 0 Å². The van der Waals surface area contributed by atoms with Crippen molar-refractivity contribution in [1.82, 2.24) is 0 Å². The van der Waals surface area contributed by atoms with Gasteiger partial charge in [0.2, 0.25) is 0 Å². The highest BCUT2D eigenvalue weighted by molar-refractivity contribution is 7.32. The largest absolute Gasteiger partial charge is 0.504 e. The average molecular weight is 984 g/mol. The third-order valence-electron chi connectivity index (χ3n) is 13.7. The molecular weight excluding hydrogens is 924 g/mol. The van der Waals surface area contributed by atoms with Gasteiger partial charge in [-0.05, 0) is 64.8 Å². The van der Waals surface area contributed by atoms with Crippen LogP contribution in [0, 0.1) is 21.7 Å². The fourth-order valence-corrected chi connectivity index (χ4v) is 13.6. The molecule has 6 aliphatic rings. The quantitative estimate of drug-likeness (QED) is 0.168. The smallest absolute Gasteiger partial charge is 0.482 e. The zero-order valence-corrected chi connectivity index (χ0v) is 42.3. The summed E-state index contributed by atoms with van der Waals surface area (Å²) in [6.45, 7) is 20.1.